The van der Waals surface area contributed by atoms with Crippen molar-refractivity contribution in [3.8, 4) is 0 Å². The molecule has 0 amide bonds. The van der Waals surface area contributed by atoms with Crippen molar-refractivity contribution in [3.05, 3.63) is 60.0 Å². The number of aromatic nitrogens is 2. The van der Waals surface area contributed by atoms with Crippen LogP contribution in [0, 0.1) is 0 Å². The summed E-state index contributed by atoms with van der Waals surface area (Å²) in [7, 11) is 1.93. The van der Waals surface area contributed by atoms with Gasteiger partial charge in [0.05, 0.1) is 11.9 Å². The van der Waals surface area contributed by atoms with Gasteiger partial charge in [0.2, 0.25) is 0 Å². The van der Waals surface area contributed by atoms with Crippen LogP contribution in [0.25, 0.3) is 10.9 Å². The van der Waals surface area contributed by atoms with Crippen LogP contribution >= 0.6 is 0 Å². The van der Waals surface area contributed by atoms with Gasteiger partial charge in [-0.1, -0.05) is 18.2 Å². The van der Waals surface area contributed by atoms with Gasteiger partial charge in [0, 0.05) is 41.5 Å². The van der Waals surface area contributed by atoms with E-state index in [0.717, 1.165) is 10.9 Å². The van der Waals surface area contributed by atoms with E-state index in [1.165, 1.54) is 6.20 Å². The SMILES string of the molecule is Cn1cc(C(=O)c2ccncc2N)c2ccccc21. The number of fused-ring (bicyclic) bond motifs is 1. The normalized spacial score (nSPS) is 10.8. The molecule has 0 bridgehead atoms. The van der Waals surface area contributed by atoms with E-state index in [9.17, 15) is 4.79 Å². The predicted molar refractivity (Wildman–Crippen MR) is 75.0 cm³/mol. The van der Waals surface area contributed by atoms with Gasteiger partial charge in [-0.25, -0.2) is 0 Å². The average Bonchev–Trinajstić information content (AvgIpc) is 2.77. The number of rotatable bonds is 2. The number of nitrogens with zero attached hydrogens (tertiary/aromatic N) is 2. The van der Waals surface area contributed by atoms with E-state index in [1.807, 2.05) is 42.1 Å². The summed E-state index contributed by atoms with van der Waals surface area (Å²) in [6, 6.07) is 9.47. The van der Waals surface area contributed by atoms with Crippen molar-refractivity contribution in [2.45, 2.75) is 0 Å². The van der Waals surface area contributed by atoms with Crippen LogP contribution in [0.3, 0.4) is 0 Å². The van der Waals surface area contributed by atoms with Gasteiger partial charge in [-0.3, -0.25) is 9.78 Å². The molecule has 1 aromatic carbocycles. The standard InChI is InChI=1S/C15H13N3O/c1-18-9-12(10-4-2-3-5-14(10)18)15(19)11-6-7-17-8-13(11)16/h2-9H,16H2,1H3. The molecule has 0 aliphatic heterocycles. The highest BCUT2D eigenvalue weighted by atomic mass is 16.1. The zero-order chi connectivity index (χ0) is 13.4. The molecule has 0 radical (unpaired) electrons. The first kappa shape index (κ1) is 11.5. The quantitative estimate of drug-likeness (QED) is 0.711. The lowest BCUT2D eigenvalue weighted by Gasteiger charge is -2.02. The molecule has 3 aromatic rings. The molecule has 2 heterocycles. The number of benzene rings is 1. The second-order valence-corrected chi connectivity index (χ2v) is 4.46. The van der Waals surface area contributed by atoms with E-state index in [-0.39, 0.29) is 5.78 Å². The Bertz CT molecular complexity index is 774. The molecule has 2 N–H and O–H groups in total. The Balaban J connectivity index is 2.20. The number of carbonyl (C=O) groups excluding carboxylic acids is 1. The Morgan fingerprint density at radius 2 is 2.00 bits per heavy atom. The van der Waals surface area contributed by atoms with Gasteiger partial charge in [-0.2, -0.15) is 0 Å². The van der Waals surface area contributed by atoms with Crippen LogP contribution in [0.4, 0.5) is 5.69 Å². The first-order chi connectivity index (χ1) is 9.18. The summed E-state index contributed by atoms with van der Waals surface area (Å²) in [6.45, 7) is 0. The fraction of sp³-hybridized carbons (Fsp3) is 0.0667. The van der Waals surface area contributed by atoms with Crippen molar-refractivity contribution in [2.75, 3.05) is 5.73 Å². The van der Waals surface area contributed by atoms with Gasteiger partial charge in [0.15, 0.2) is 5.78 Å². The number of aryl methyl sites for hydroxylation is 1. The number of para-hydroxylation sites is 1. The minimum Gasteiger partial charge on any atom is -0.397 e. The third-order valence-corrected chi connectivity index (χ3v) is 3.24. The van der Waals surface area contributed by atoms with Crippen molar-refractivity contribution in [1.82, 2.24) is 9.55 Å². The zero-order valence-electron chi connectivity index (χ0n) is 10.5. The molecule has 0 aliphatic carbocycles. The molecule has 19 heavy (non-hydrogen) atoms. The molecule has 0 unspecified atom stereocenters. The summed E-state index contributed by atoms with van der Waals surface area (Å²) in [4.78, 5) is 16.5. The fourth-order valence-corrected chi connectivity index (χ4v) is 2.28. The number of ketones is 1. The molecule has 0 spiro atoms. The van der Waals surface area contributed by atoms with E-state index in [4.69, 9.17) is 5.73 Å². The highest BCUT2D eigenvalue weighted by molar-refractivity contribution is 6.18. The van der Waals surface area contributed by atoms with Gasteiger partial charge >= 0.3 is 0 Å². The van der Waals surface area contributed by atoms with Gasteiger partial charge in [0.1, 0.15) is 0 Å². The van der Waals surface area contributed by atoms with E-state index >= 15 is 0 Å². The molecule has 0 saturated heterocycles. The van der Waals surface area contributed by atoms with Crippen LogP contribution < -0.4 is 5.73 Å². The highest BCUT2D eigenvalue weighted by Gasteiger charge is 2.17. The minimum atomic E-state index is -0.0725. The maximum absolute atomic E-state index is 12.6. The van der Waals surface area contributed by atoms with E-state index in [2.05, 4.69) is 4.98 Å². The Kier molecular flexibility index (Phi) is 2.56. The number of carbonyl (C=O) groups is 1. The lowest BCUT2D eigenvalue weighted by atomic mass is 10.0. The maximum Gasteiger partial charge on any atom is 0.197 e. The van der Waals surface area contributed by atoms with Gasteiger partial charge in [-0.05, 0) is 12.1 Å². The number of pyridine rings is 1. The Morgan fingerprint density at radius 3 is 2.79 bits per heavy atom. The summed E-state index contributed by atoms with van der Waals surface area (Å²) < 4.78 is 1.94. The summed E-state index contributed by atoms with van der Waals surface area (Å²) in [6.07, 6.45) is 4.92. The number of anilines is 1. The molecule has 4 heteroatoms. The summed E-state index contributed by atoms with van der Waals surface area (Å²) in [5.41, 5.74) is 8.40. The van der Waals surface area contributed by atoms with E-state index < -0.39 is 0 Å². The topological polar surface area (TPSA) is 60.9 Å². The molecule has 0 fully saturated rings. The first-order valence-corrected chi connectivity index (χ1v) is 5.96. The van der Waals surface area contributed by atoms with Crippen molar-refractivity contribution >= 4 is 22.4 Å². The molecular formula is C15H13N3O. The molecule has 94 valence electrons. The molecule has 3 rings (SSSR count). The molecular weight excluding hydrogens is 238 g/mol. The van der Waals surface area contributed by atoms with Crippen LogP contribution in [0.5, 0.6) is 0 Å². The second-order valence-electron chi connectivity index (χ2n) is 4.46. The average molecular weight is 251 g/mol. The van der Waals surface area contributed by atoms with Crippen LogP contribution in [0.2, 0.25) is 0 Å². The smallest absolute Gasteiger partial charge is 0.197 e. The minimum absolute atomic E-state index is 0.0725. The van der Waals surface area contributed by atoms with Crippen molar-refractivity contribution in [1.29, 1.82) is 0 Å². The van der Waals surface area contributed by atoms with Gasteiger partial charge in [0.25, 0.3) is 0 Å². The number of nitrogens with two attached hydrogens (primary N) is 1. The van der Waals surface area contributed by atoms with Crippen LogP contribution in [-0.4, -0.2) is 15.3 Å². The first-order valence-electron chi connectivity index (χ1n) is 5.96. The van der Waals surface area contributed by atoms with Crippen LogP contribution in [0.15, 0.2) is 48.9 Å². The molecule has 0 saturated carbocycles. The number of hydrogen-bond acceptors (Lipinski definition) is 3. The van der Waals surface area contributed by atoms with Gasteiger partial charge in [-0.15, -0.1) is 0 Å². The third-order valence-electron chi connectivity index (χ3n) is 3.24. The Morgan fingerprint density at radius 1 is 1.21 bits per heavy atom. The van der Waals surface area contributed by atoms with Crippen LogP contribution in [0.1, 0.15) is 15.9 Å². The number of hydrogen-bond donors (Lipinski definition) is 1. The monoisotopic (exact) mass is 251 g/mol. The van der Waals surface area contributed by atoms with Crippen molar-refractivity contribution in [2.24, 2.45) is 7.05 Å². The summed E-state index contributed by atoms with van der Waals surface area (Å²) in [5.74, 6) is -0.0725. The van der Waals surface area contributed by atoms with E-state index in [0.29, 0.717) is 16.8 Å². The van der Waals surface area contributed by atoms with Crippen molar-refractivity contribution < 1.29 is 4.79 Å². The molecule has 0 atom stereocenters. The third kappa shape index (κ3) is 1.78. The van der Waals surface area contributed by atoms with E-state index in [1.54, 1.807) is 12.3 Å². The summed E-state index contributed by atoms with van der Waals surface area (Å²) in [5, 5.41) is 0.936. The molecule has 2 aromatic heterocycles. The lowest BCUT2D eigenvalue weighted by Crippen LogP contribution is -2.05. The zero-order valence-corrected chi connectivity index (χ0v) is 10.5. The largest absolute Gasteiger partial charge is 0.397 e. The number of nitrogen functional groups attached to an aromatic ring is 1. The predicted octanol–water partition coefficient (Wildman–Crippen LogP) is 2.39. The van der Waals surface area contributed by atoms with Gasteiger partial charge < -0.3 is 10.3 Å². The summed E-state index contributed by atoms with van der Waals surface area (Å²) >= 11 is 0. The fourth-order valence-electron chi connectivity index (χ4n) is 2.28. The maximum atomic E-state index is 12.6. The molecule has 4 nitrogen and oxygen atoms in total. The van der Waals surface area contributed by atoms with Crippen LogP contribution in [-0.2, 0) is 7.05 Å². The highest BCUT2D eigenvalue weighted by Crippen LogP contribution is 2.24. The second kappa shape index (κ2) is 4.24. The molecule has 0 aliphatic rings. The lowest BCUT2D eigenvalue weighted by molar-refractivity contribution is 0.104. The van der Waals surface area contributed by atoms with Crippen molar-refractivity contribution in [3.63, 3.8) is 0 Å². The Hall–Kier alpha value is -2.62. The Labute approximate surface area is 110 Å².